The van der Waals surface area contributed by atoms with E-state index in [0.717, 1.165) is 51.1 Å². The lowest BCUT2D eigenvalue weighted by atomic mass is 9.85. The third kappa shape index (κ3) is 4.41. The lowest BCUT2D eigenvalue weighted by Crippen LogP contribution is -2.34. The van der Waals surface area contributed by atoms with Gasteiger partial charge in [0.05, 0.1) is 17.9 Å². The summed E-state index contributed by atoms with van der Waals surface area (Å²) in [6, 6.07) is 12.9. The highest BCUT2D eigenvalue weighted by atomic mass is 16.1. The lowest BCUT2D eigenvalue weighted by Gasteiger charge is -2.24. The van der Waals surface area contributed by atoms with Gasteiger partial charge in [-0.1, -0.05) is 43.7 Å². The van der Waals surface area contributed by atoms with Crippen molar-refractivity contribution in [2.45, 2.75) is 58.2 Å². The molecule has 0 spiro atoms. The van der Waals surface area contributed by atoms with Crippen LogP contribution in [0.5, 0.6) is 0 Å². The summed E-state index contributed by atoms with van der Waals surface area (Å²) in [6.45, 7) is 6.91. The fourth-order valence-corrected chi connectivity index (χ4v) is 4.10. The Labute approximate surface area is 161 Å². The third-order valence-corrected chi connectivity index (χ3v) is 5.96. The van der Waals surface area contributed by atoms with Crippen LogP contribution in [0.2, 0.25) is 0 Å². The van der Waals surface area contributed by atoms with E-state index in [1.165, 1.54) is 17.7 Å². The van der Waals surface area contributed by atoms with Crippen molar-refractivity contribution in [1.82, 2.24) is 20.0 Å². The van der Waals surface area contributed by atoms with E-state index in [0.29, 0.717) is 12.5 Å². The van der Waals surface area contributed by atoms with Crippen LogP contribution in [-0.4, -0.2) is 33.7 Å². The molecule has 1 aliphatic carbocycles. The molecule has 1 aromatic carbocycles. The van der Waals surface area contributed by atoms with Gasteiger partial charge in [0.25, 0.3) is 0 Å². The van der Waals surface area contributed by atoms with Crippen LogP contribution in [0.15, 0.2) is 36.4 Å². The molecule has 5 nitrogen and oxygen atoms in total. The number of hydrogen-bond donors (Lipinski definition) is 1. The van der Waals surface area contributed by atoms with Crippen molar-refractivity contribution in [1.29, 1.82) is 0 Å². The molecule has 1 aromatic heterocycles. The minimum absolute atomic E-state index is 0.197. The first-order chi connectivity index (χ1) is 13.2. The zero-order chi connectivity index (χ0) is 18.6. The summed E-state index contributed by atoms with van der Waals surface area (Å²) < 4.78 is 2.14. The summed E-state index contributed by atoms with van der Waals surface area (Å²) in [5, 5.41) is 7.80. The van der Waals surface area contributed by atoms with Gasteiger partial charge in [0.1, 0.15) is 0 Å². The molecule has 1 amide bonds. The van der Waals surface area contributed by atoms with E-state index in [-0.39, 0.29) is 11.8 Å². The van der Waals surface area contributed by atoms with Crippen molar-refractivity contribution in [3.8, 4) is 0 Å². The molecule has 0 unspecified atom stereocenters. The number of nitrogens with one attached hydrogen (secondary N) is 1. The second-order valence-electron chi connectivity index (χ2n) is 8.10. The summed E-state index contributed by atoms with van der Waals surface area (Å²) >= 11 is 0. The first-order valence-corrected chi connectivity index (χ1v) is 10.3. The number of amides is 1. The molecule has 2 heterocycles. The number of aromatic nitrogens is 2. The Morgan fingerprint density at radius 2 is 2.04 bits per heavy atom. The molecule has 2 aromatic rings. The fourth-order valence-electron chi connectivity index (χ4n) is 4.10. The number of fused-ring (bicyclic) bond motifs is 1. The van der Waals surface area contributed by atoms with Crippen LogP contribution in [-0.2, 0) is 24.4 Å². The quantitative estimate of drug-likeness (QED) is 0.853. The average molecular weight is 367 g/mol. The lowest BCUT2D eigenvalue weighted by molar-refractivity contribution is -0.127. The topological polar surface area (TPSA) is 50.2 Å². The van der Waals surface area contributed by atoms with Crippen LogP contribution in [0.1, 0.15) is 55.5 Å². The molecule has 1 aliphatic heterocycles. The molecule has 0 radical (unpaired) electrons. The third-order valence-electron chi connectivity index (χ3n) is 5.96. The Morgan fingerprint density at radius 1 is 1.22 bits per heavy atom. The van der Waals surface area contributed by atoms with Gasteiger partial charge in [0.2, 0.25) is 5.91 Å². The largest absolute Gasteiger partial charge is 0.350 e. The number of carbonyl (C=O) groups excluding carboxylic acids is 1. The summed E-state index contributed by atoms with van der Waals surface area (Å²) in [4.78, 5) is 14.6. The zero-order valence-electron chi connectivity index (χ0n) is 16.2. The second kappa shape index (κ2) is 8.26. The highest BCUT2D eigenvalue weighted by molar-refractivity contribution is 5.79. The van der Waals surface area contributed by atoms with E-state index in [2.05, 4.69) is 58.2 Å². The summed E-state index contributed by atoms with van der Waals surface area (Å²) in [6.07, 6.45) is 4.39. The molecular weight excluding hydrogens is 336 g/mol. The fraction of sp³-hybridized carbons (Fsp3) is 0.545. The summed E-state index contributed by atoms with van der Waals surface area (Å²) in [7, 11) is 0. The number of benzene rings is 1. The van der Waals surface area contributed by atoms with Gasteiger partial charge in [-0.05, 0) is 36.8 Å². The molecule has 2 aliphatic rings. The van der Waals surface area contributed by atoms with E-state index in [4.69, 9.17) is 5.10 Å². The Hall–Kier alpha value is -2.14. The first-order valence-electron chi connectivity index (χ1n) is 10.3. The van der Waals surface area contributed by atoms with Crippen molar-refractivity contribution in [3.05, 3.63) is 53.3 Å². The maximum Gasteiger partial charge on any atom is 0.223 e. The van der Waals surface area contributed by atoms with Crippen molar-refractivity contribution >= 4 is 5.91 Å². The van der Waals surface area contributed by atoms with E-state index >= 15 is 0 Å². The van der Waals surface area contributed by atoms with E-state index < -0.39 is 0 Å². The Bertz CT molecular complexity index is 766. The molecule has 1 fully saturated rings. The molecule has 5 heteroatoms. The predicted octanol–water partition coefficient (Wildman–Crippen LogP) is 3.31. The minimum Gasteiger partial charge on any atom is -0.350 e. The number of nitrogens with zero attached hydrogens (tertiary/aromatic N) is 3. The maximum atomic E-state index is 12.1. The van der Waals surface area contributed by atoms with Gasteiger partial charge in [-0.2, -0.15) is 5.10 Å². The molecule has 1 saturated carbocycles. The first kappa shape index (κ1) is 18.2. The highest BCUT2D eigenvalue weighted by Crippen LogP contribution is 2.26. The highest BCUT2D eigenvalue weighted by Gasteiger charge is 2.25. The summed E-state index contributed by atoms with van der Waals surface area (Å²) in [5.74, 6) is 0.949. The molecule has 27 heavy (non-hydrogen) atoms. The van der Waals surface area contributed by atoms with Crippen LogP contribution in [0.25, 0.3) is 0 Å². The predicted molar refractivity (Wildman–Crippen MR) is 106 cm³/mol. The van der Waals surface area contributed by atoms with Crippen molar-refractivity contribution < 1.29 is 4.79 Å². The summed E-state index contributed by atoms with van der Waals surface area (Å²) in [5.41, 5.74) is 3.64. The Morgan fingerprint density at radius 3 is 2.78 bits per heavy atom. The normalized spacial score (nSPS) is 19.0. The van der Waals surface area contributed by atoms with Crippen molar-refractivity contribution in [2.75, 3.05) is 13.1 Å². The number of rotatable bonds is 6. The maximum absolute atomic E-state index is 12.1. The van der Waals surface area contributed by atoms with Gasteiger partial charge >= 0.3 is 0 Å². The molecule has 1 atom stereocenters. The van der Waals surface area contributed by atoms with Crippen LogP contribution in [0.4, 0.5) is 0 Å². The molecule has 1 N–H and O–H groups in total. The van der Waals surface area contributed by atoms with Gasteiger partial charge < -0.3 is 5.32 Å². The van der Waals surface area contributed by atoms with E-state index in [1.54, 1.807) is 0 Å². The van der Waals surface area contributed by atoms with Gasteiger partial charge in [-0.15, -0.1) is 0 Å². The van der Waals surface area contributed by atoms with Gasteiger partial charge in [-0.3, -0.25) is 14.4 Å². The van der Waals surface area contributed by atoms with Crippen LogP contribution in [0, 0.1) is 5.92 Å². The molecule has 0 saturated heterocycles. The van der Waals surface area contributed by atoms with Crippen molar-refractivity contribution in [3.63, 3.8) is 0 Å². The van der Waals surface area contributed by atoms with E-state index in [1.807, 2.05) is 0 Å². The standard InChI is InChI=1S/C22H30N4O/c1-17(18-7-3-2-4-8-18)15-25-11-6-12-26-21(16-25)13-20(24-26)14-23-22(27)19-9-5-10-19/h2-4,7-8,13,17,19H,5-6,9-12,14-16H2,1H3,(H,23,27)/t17-/m0/s1. The monoisotopic (exact) mass is 366 g/mol. The smallest absolute Gasteiger partial charge is 0.223 e. The minimum atomic E-state index is 0.197. The second-order valence-corrected chi connectivity index (χ2v) is 8.10. The van der Waals surface area contributed by atoms with Crippen LogP contribution >= 0.6 is 0 Å². The van der Waals surface area contributed by atoms with Crippen molar-refractivity contribution in [2.24, 2.45) is 5.92 Å². The Balaban J connectivity index is 1.35. The molecule has 0 bridgehead atoms. The SMILES string of the molecule is C[C@@H](CN1CCCn2nc(CNC(=O)C3CCC3)cc2C1)c1ccccc1. The molecule has 4 rings (SSSR count). The van der Waals surface area contributed by atoms with E-state index in [9.17, 15) is 4.79 Å². The van der Waals surface area contributed by atoms with Crippen LogP contribution < -0.4 is 5.32 Å². The zero-order valence-corrected chi connectivity index (χ0v) is 16.2. The van der Waals surface area contributed by atoms with Gasteiger partial charge in [0.15, 0.2) is 0 Å². The van der Waals surface area contributed by atoms with Gasteiger partial charge in [-0.25, -0.2) is 0 Å². The van der Waals surface area contributed by atoms with Crippen LogP contribution in [0.3, 0.4) is 0 Å². The molecule has 144 valence electrons. The number of carbonyl (C=O) groups is 1. The average Bonchev–Trinajstić information content (AvgIpc) is 2.91. The van der Waals surface area contributed by atoms with Gasteiger partial charge in [0, 0.05) is 32.1 Å². The Kier molecular flexibility index (Phi) is 5.58. The number of aryl methyl sites for hydroxylation is 1. The molecular formula is C22H30N4O. The number of hydrogen-bond acceptors (Lipinski definition) is 3.